The molecule has 0 bridgehead atoms. The molecule has 3 aromatic carbocycles. The maximum absolute atomic E-state index is 13.4. The number of benzene rings is 3. The maximum Gasteiger partial charge on any atom is 0.332 e. The Labute approximate surface area is 201 Å². The van der Waals surface area contributed by atoms with Gasteiger partial charge in [0.05, 0.1) is 24.0 Å². The van der Waals surface area contributed by atoms with E-state index in [1.807, 2.05) is 0 Å². The fourth-order valence-corrected chi connectivity index (χ4v) is 4.72. The Hall–Kier alpha value is -4.00. The van der Waals surface area contributed by atoms with Gasteiger partial charge < -0.3 is 5.32 Å². The molecule has 0 spiro atoms. The summed E-state index contributed by atoms with van der Waals surface area (Å²) in [5, 5.41) is 3.50. The van der Waals surface area contributed by atoms with Crippen molar-refractivity contribution >= 4 is 16.8 Å². The molecule has 1 aromatic heterocycles. The number of hydrogen-bond donors (Lipinski definition) is 1. The van der Waals surface area contributed by atoms with E-state index in [1.54, 1.807) is 60.7 Å². The molecule has 178 valence electrons. The summed E-state index contributed by atoms with van der Waals surface area (Å²) in [5.74, 6) is -0.454. The highest BCUT2D eigenvalue weighted by Crippen LogP contribution is 2.18. The van der Waals surface area contributed by atoms with Gasteiger partial charge in [-0.3, -0.25) is 18.7 Å². The molecule has 1 N–H and O–H groups in total. The van der Waals surface area contributed by atoms with Crippen LogP contribution >= 0.6 is 0 Å². The summed E-state index contributed by atoms with van der Waals surface area (Å²) in [6.07, 6.45) is 4.31. The van der Waals surface area contributed by atoms with Gasteiger partial charge in [-0.2, -0.15) is 0 Å². The van der Waals surface area contributed by atoms with Crippen LogP contribution in [0.2, 0.25) is 0 Å². The van der Waals surface area contributed by atoms with Crippen LogP contribution in [0.1, 0.15) is 47.2 Å². The molecule has 1 saturated carbocycles. The molecule has 35 heavy (non-hydrogen) atoms. The lowest BCUT2D eigenvalue weighted by atomic mass is 10.1. The zero-order chi connectivity index (χ0) is 24.4. The average Bonchev–Trinajstić information content (AvgIpc) is 3.39. The van der Waals surface area contributed by atoms with Crippen molar-refractivity contribution in [2.75, 3.05) is 0 Å². The zero-order valence-electron chi connectivity index (χ0n) is 19.2. The van der Waals surface area contributed by atoms with Crippen LogP contribution in [0.3, 0.4) is 0 Å². The number of aromatic nitrogens is 2. The first-order valence-corrected chi connectivity index (χ1v) is 11.9. The Bertz CT molecular complexity index is 1480. The average molecular weight is 472 g/mol. The number of amides is 1. The predicted molar refractivity (Wildman–Crippen MR) is 133 cm³/mol. The van der Waals surface area contributed by atoms with Crippen molar-refractivity contribution in [3.63, 3.8) is 0 Å². The molecule has 5 rings (SSSR count). The fraction of sp³-hybridized carbons (Fsp3) is 0.250. The van der Waals surface area contributed by atoms with E-state index in [-0.39, 0.29) is 36.4 Å². The highest BCUT2D eigenvalue weighted by Gasteiger charge is 2.18. The Balaban J connectivity index is 1.46. The van der Waals surface area contributed by atoms with Crippen LogP contribution in [0.4, 0.5) is 4.39 Å². The predicted octanol–water partition coefficient (Wildman–Crippen LogP) is 4.07. The molecule has 4 aromatic rings. The molecular formula is C28H26FN3O3. The standard InChI is InChI=1S/C28H26FN3O3/c29-22-15-11-20(12-16-22)17-31-25-8-4-3-7-24(25)27(34)32(28(31)35)18-19-9-13-21(14-10-19)26(33)30-23-5-1-2-6-23/h3-4,7-16,23H,1-2,5-6,17-18H2,(H,30,33). The lowest BCUT2D eigenvalue weighted by Crippen LogP contribution is -2.40. The van der Waals surface area contributed by atoms with Gasteiger partial charge in [-0.15, -0.1) is 0 Å². The third kappa shape index (κ3) is 4.80. The van der Waals surface area contributed by atoms with Gasteiger partial charge in [0.1, 0.15) is 5.82 Å². The highest BCUT2D eigenvalue weighted by molar-refractivity contribution is 5.94. The van der Waals surface area contributed by atoms with Crippen molar-refractivity contribution < 1.29 is 9.18 Å². The van der Waals surface area contributed by atoms with E-state index < -0.39 is 5.69 Å². The molecule has 0 aliphatic heterocycles. The molecule has 7 heteroatoms. The number of nitrogens with zero attached hydrogens (tertiary/aromatic N) is 2. The first-order chi connectivity index (χ1) is 17.0. The van der Waals surface area contributed by atoms with Gasteiger partial charge in [0.2, 0.25) is 0 Å². The van der Waals surface area contributed by atoms with Gasteiger partial charge in [-0.05, 0) is 60.4 Å². The molecule has 0 saturated heterocycles. The van der Waals surface area contributed by atoms with Crippen molar-refractivity contribution in [2.45, 2.75) is 44.8 Å². The van der Waals surface area contributed by atoms with E-state index in [4.69, 9.17) is 0 Å². The summed E-state index contributed by atoms with van der Waals surface area (Å²) >= 11 is 0. The van der Waals surface area contributed by atoms with Gasteiger partial charge in [-0.25, -0.2) is 9.18 Å². The molecule has 1 aliphatic rings. The second kappa shape index (κ2) is 9.70. The molecule has 1 amide bonds. The highest BCUT2D eigenvalue weighted by atomic mass is 19.1. The van der Waals surface area contributed by atoms with Crippen molar-refractivity contribution in [3.05, 3.63) is 116 Å². The number of halogens is 1. The van der Waals surface area contributed by atoms with Crippen LogP contribution in [-0.2, 0) is 13.1 Å². The molecular weight excluding hydrogens is 445 g/mol. The van der Waals surface area contributed by atoms with Gasteiger partial charge in [0.15, 0.2) is 0 Å². The monoisotopic (exact) mass is 471 g/mol. The van der Waals surface area contributed by atoms with Crippen LogP contribution in [0.25, 0.3) is 10.9 Å². The number of nitrogens with one attached hydrogen (secondary N) is 1. The lowest BCUT2D eigenvalue weighted by molar-refractivity contribution is 0.0938. The largest absolute Gasteiger partial charge is 0.349 e. The third-order valence-electron chi connectivity index (χ3n) is 6.63. The topological polar surface area (TPSA) is 73.1 Å². The third-order valence-corrected chi connectivity index (χ3v) is 6.63. The number of fused-ring (bicyclic) bond motifs is 1. The molecule has 1 heterocycles. The smallest absolute Gasteiger partial charge is 0.332 e. The second-order valence-corrected chi connectivity index (χ2v) is 9.06. The van der Waals surface area contributed by atoms with Crippen LogP contribution in [0, 0.1) is 5.82 Å². The number of carbonyl (C=O) groups excluding carboxylic acids is 1. The van der Waals surface area contributed by atoms with Gasteiger partial charge in [-0.1, -0.05) is 49.2 Å². The van der Waals surface area contributed by atoms with Crippen LogP contribution in [-0.4, -0.2) is 21.1 Å². The van der Waals surface area contributed by atoms with E-state index in [0.717, 1.165) is 36.8 Å². The van der Waals surface area contributed by atoms with Crippen LogP contribution < -0.4 is 16.6 Å². The van der Waals surface area contributed by atoms with Crippen molar-refractivity contribution in [1.29, 1.82) is 0 Å². The van der Waals surface area contributed by atoms with E-state index in [0.29, 0.717) is 16.5 Å². The van der Waals surface area contributed by atoms with E-state index in [2.05, 4.69) is 5.32 Å². The second-order valence-electron chi connectivity index (χ2n) is 9.06. The minimum atomic E-state index is -0.443. The fourth-order valence-electron chi connectivity index (χ4n) is 4.72. The summed E-state index contributed by atoms with van der Waals surface area (Å²) in [7, 11) is 0. The SMILES string of the molecule is O=C(NC1CCCC1)c1ccc(Cn2c(=O)c3ccccc3n(Cc3ccc(F)cc3)c2=O)cc1. The van der Waals surface area contributed by atoms with Gasteiger partial charge in [0, 0.05) is 11.6 Å². The molecule has 0 unspecified atom stereocenters. The first-order valence-electron chi connectivity index (χ1n) is 11.9. The number of carbonyl (C=O) groups is 1. The molecule has 1 fully saturated rings. The summed E-state index contributed by atoms with van der Waals surface area (Å²) in [4.78, 5) is 39.2. The van der Waals surface area contributed by atoms with Crippen molar-refractivity contribution in [3.8, 4) is 0 Å². The Morgan fingerprint density at radius 3 is 2.11 bits per heavy atom. The number of hydrogen-bond acceptors (Lipinski definition) is 3. The molecule has 0 radical (unpaired) electrons. The molecule has 6 nitrogen and oxygen atoms in total. The zero-order valence-corrected chi connectivity index (χ0v) is 19.2. The van der Waals surface area contributed by atoms with Crippen molar-refractivity contribution in [2.24, 2.45) is 0 Å². The van der Waals surface area contributed by atoms with E-state index in [9.17, 15) is 18.8 Å². The summed E-state index contributed by atoms with van der Waals surface area (Å²) < 4.78 is 16.1. The number of rotatable bonds is 6. The first kappa shape index (κ1) is 22.8. The Morgan fingerprint density at radius 2 is 1.43 bits per heavy atom. The quantitative estimate of drug-likeness (QED) is 0.461. The molecule has 0 atom stereocenters. The Kier molecular flexibility index (Phi) is 6.31. The minimum absolute atomic E-state index is 0.0798. The maximum atomic E-state index is 13.4. The minimum Gasteiger partial charge on any atom is -0.349 e. The number of para-hydroxylation sites is 1. The van der Waals surface area contributed by atoms with Gasteiger partial charge in [0.25, 0.3) is 11.5 Å². The van der Waals surface area contributed by atoms with E-state index >= 15 is 0 Å². The van der Waals surface area contributed by atoms with Crippen LogP contribution in [0.15, 0.2) is 82.4 Å². The van der Waals surface area contributed by atoms with Crippen molar-refractivity contribution in [1.82, 2.24) is 14.5 Å². The van der Waals surface area contributed by atoms with Gasteiger partial charge >= 0.3 is 5.69 Å². The molecule has 1 aliphatic carbocycles. The lowest BCUT2D eigenvalue weighted by Gasteiger charge is -2.15. The Morgan fingerprint density at radius 1 is 0.829 bits per heavy atom. The summed E-state index contributed by atoms with van der Waals surface area (Å²) in [5.41, 5.74) is 1.76. The van der Waals surface area contributed by atoms with Crippen LogP contribution in [0.5, 0.6) is 0 Å². The summed E-state index contributed by atoms with van der Waals surface area (Å²) in [6, 6.07) is 20.2. The normalized spacial score (nSPS) is 13.9. The summed E-state index contributed by atoms with van der Waals surface area (Å²) in [6.45, 7) is 0.288. The van der Waals surface area contributed by atoms with E-state index in [1.165, 1.54) is 21.3 Å².